The van der Waals surface area contributed by atoms with Crippen LogP contribution in [0.2, 0.25) is 5.15 Å². The molecule has 17 heavy (non-hydrogen) atoms. The molecule has 1 aromatic heterocycles. The second-order valence-corrected chi connectivity index (χ2v) is 6.00. The molecule has 0 aliphatic carbocycles. The number of nitrogens with zero attached hydrogens (tertiary/aromatic N) is 3. The quantitative estimate of drug-likeness (QED) is 0.763. The molecule has 0 saturated carbocycles. The highest BCUT2D eigenvalue weighted by Gasteiger charge is 2.35. The van der Waals surface area contributed by atoms with Crippen LogP contribution in [-0.2, 0) is 10.0 Å². The van der Waals surface area contributed by atoms with E-state index in [0.29, 0.717) is 19.4 Å². The fourth-order valence-electron chi connectivity index (χ4n) is 1.81. The van der Waals surface area contributed by atoms with E-state index < -0.39 is 16.1 Å². The first-order valence-corrected chi connectivity index (χ1v) is 6.90. The molecule has 0 amide bonds. The molecule has 1 saturated heterocycles. The number of rotatable bonds is 2. The van der Waals surface area contributed by atoms with E-state index in [-0.39, 0.29) is 10.0 Å². The molecule has 0 bridgehead atoms. The van der Waals surface area contributed by atoms with Crippen LogP contribution in [0.3, 0.4) is 0 Å². The van der Waals surface area contributed by atoms with Gasteiger partial charge in [0.05, 0.1) is 6.07 Å². The van der Waals surface area contributed by atoms with Crippen molar-refractivity contribution < 1.29 is 8.42 Å². The van der Waals surface area contributed by atoms with Gasteiger partial charge in [0.25, 0.3) is 0 Å². The van der Waals surface area contributed by atoms with Crippen LogP contribution in [0.5, 0.6) is 0 Å². The largest absolute Gasteiger partial charge is 0.245 e. The van der Waals surface area contributed by atoms with E-state index in [0.717, 1.165) is 0 Å². The Hall–Kier alpha value is -1.16. The Balaban J connectivity index is 2.37. The lowest BCUT2D eigenvalue weighted by Gasteiger charge is -2.18. The summed E-state index contributed by atoms with van der Waals surface area (Å²) < 4.78 is 25.6. The van der Waals surface area contributed by atoms with Crippen molar-refractivity contribution in [2.75, 3.05) is 6.54 Å². The van der Waals surface area contributed by atoms with Crippen molar-refractivity contribution in [3.8, 4) is 6.07 Å². The molecule has 0 N–H and O–H groups in total. The third kappa shape index (κ3) is 2.27. The maximum absolute atomic E-state index is 12.2. The summed E-state index contributed by atoms with van der Waals surface area (Å²) in [7, 11) is -3.63. The van der Waals surface area contributed by atoms with E-state index >= 15 is 0 Å². The Morgan fingerprint density at radius 1 is 1.53 bits per heavy atom. The second kappa shape index (κ2) is 4.61. The molecule has 1 unspecified atom stereocenters. The van der Waals surface area contributed by atoms with E-state index in [1.807, 2.05) is 6.07 Å². The first-order valence-electron chi connectivity index (χ1n) is 5.09. The number of aromatic nitrogens is 1. The number of pyridine rings is 1. The molecule has 0 aromatic carbocycles. The average Bonchev–Trinajstić information content (AvgIpc) is 2.78. The van der Waals surface area contributed by atoms with Gasteiger partial charge in [0.15, 0.2) is 0 Å². The summed E-state index contributed by atoms with van der Waals surface area (Å²) in [5.41, 5.74) is 0. The monoisotopic (exact) mass is 271 g/mol. The summed E-state index contributed by atoms with van der Waals surface area (Å²) in [4.78, 5) is 3.82. The van der Waals surface area contributed by atoms with Crippen LogP contribution < -0.4 is 0 Å². The van der Waals surface area contributed by atoms with Gasteiger partial charge < -0.3 is 0 Å². The Labute approximate surface area is 105 Å². The molecule has 0 spiro atoms. The minimum atomic E-state index is -3.63. The van der Waals surface area contributed by atoms with E-state index in [2.05, 4.69) is 4.98 Å². The van der Waals surface area contributed by atoms with Gasteiger partial charge in [-0.25, -0.2) is 13.4 Å². The van der Waals surface area contributed by atoms with Gasteiger partial charge >= 0.3 is 0 Å². The van der Waals surface area contributed by atoms with E-state index in [1.165, 1.54) is 22.6 Å². The highest BCUT2D eigenvalue weighted by molar-refractivity contribution is 7.89. The number of halogens is 1. The zero-order chi connectivity index (χ0) is 12.5. The van der Waals surface area contributed by atoms with Crippen molar-refractivity contribution in [1.82, 2.24) is 9.29 Å². The van der Waals surface area contributed by atoms with Crippen LogP contribution in [0.1, 0.15) is 12.8 Å². The van der Waals surface area contributed by atoms with Crippen molar-refractivity contribution in [3.05, 3.63) is 23.5 Å². The van der Waals surface area contributed by atoms with Gasteiger partial charge in [-0.3, -0.25) is 0 Å². The normalized spacial score (nSPS) is 21.3. The van der Waals surface area contributed by atoms with E-state index in [9.17, 15) is 8.42 Å². The predicted molar refractivity (Wildman–Crippen MR) is 61.8 cm³/mol. The van der Waals surface area contributed by atoms with Crippen LogP contribution in [0, 0.1) is 11.3 Å². The Morgan fingerprint density at radius 2 is 2.29 bits per heavy atom. The first-order chi connectivity index (χ1) is 8.05. The van der Waals surface area contributed by atoms with Crippen LogP contribution in [0.25, 0.3) is 0 Å². The zero-order valence-corrected chi connectivity index (χ0v) is 10.4. The SMILES string of the molecule is N#CC1CCCN1S(=O)(=O)c1ccc(Cl)nc1. The van der Waals surface area contributed by atoms with Gasteiger partial charge in [0, 0.05) is 12.7 Å². The van der Waals surface area contributed by atoms with Crippen molar-refractivity contribution in [1.29, 1.82) is 5.26 Å². The van der Waals surface area contributed by atoms with Crippen molar-refractivity contribution in [2.45, 2.75) is 23.8 Å². The van der Waals surface area contributed by atoms with E-state index in [4.69, 9.17) is 16.9 Å². The number of nitriles is 1. The molecule has 1 aliphatic heterocycles. The fourth-order valence-corrected chi connectivity index (χ4v) is 3.47. The molecule has 2 heterocycles. The third-order valence-electron chi connectivity index (χ3n) is 2.66. The molecule has 0 radical (unpaired) electrons. The maximum Gasteiger partial charge on any atom is 0.245 e. The molecule has 1 atom stereocenters. The van der Waals surface area contributed by atoms with E-state index in [1.54, 1.807) is 0 Å². The molecule has 1 aromatic rings. The molecule has 1 aliphatic rings. The van der Waals surface area contributed by atoms with Crippen molar-refractivity contribution in [2.24, 2.45) is 0 Å². The molecule has 7 heteroatoms. The standard InChI is InChI=1S/C10H10ClN3O2S/c11-10-4-3-9(7-13-10)17(15,16)14-5-1-2-8(14)6-12/h3-4,7-8H,1-2,5H2. The number of hydrogen-bond donors (Lipinski definition) is 0. The van der Waals surface area contributed by atoms with Crippen LogP contribution in [0.4, 0.5) is 0 Å². The molecular formula is C10H10ClN3O2S. The topological polar surface area (TPSA) is 74.1 Å². The summed E-state index contributed by atoms with van der Waals surface area (Å²) in [6.45, 7) is 0.378. The Bertz CT molecular complexity index is 550. The Morgan fingerprint density at radius 3 is 2.88 bits per heavy atom. The fraction of sp³-hybridized carbons (Fsp3) is 0.400. The molecule has 2 rings (SSSR count). The van der Waals surface area contributed by atoms with Gasteiger partial charge in [-0.05, 0) is 25.0 Å². The molecule has 1 fully saturated rings. The van der Waals surface area contributed by atoms with Gasteiger partial charge in [-0.15, -0.1) is 0 Å². The summed E-state index contributed by atoms with van der Waals surface area (Å²) >= 11 is 5.61. The lowest BCUT2D eigenvalue weighted by Crippen LogP contribution is -2.34. The van der Waals surface area contributed by atoms with Gasteiger partial charge in [-0.1, -0.05) is 11.6 Å². The first kappa shape index (κ1) is 12.3. The van der Waals surface area contributed by atoms with Crippen molar-refractivity contribution >= 4 is 21.6 Å². The summed E-state index contributed by atoms with van der Waals surface area (Å²) in [6.07, 6.45) is 2.50. The van der Waals surface area contributed by atoms with Gasteiger partial charge in [0.1, 0.15) is 16.1 Å². The molecule has 90 valence electrons. The predicted octanol–water partition coefficient (Wildman–Crippen LogP) is 1.41. The van der Waals surface area contributed by atoms with Gasteiger partial charge in [0.2, 0.25) is 10.0 Å². The molecule has 5 nitrogen and oxygen atoms in total. The number of sulfonamides is 1. The maximum atomic E-state index is 12.2. The van der Waals surface area contributed by atoms with Crippen LogP contribution in [-0.4, -0.2) is 30.3 Å². The van der Waals surface area contributed by atoms with Crippen molar-refractivity contribution in [3.63, 3.8) is 0 Å². The Kier molecular flexibility index (Phi) is 3.33. The van der Waals surface area contributed by atoms with Gasteiger partial charge in [-0.2, -0.15) is 9.57 Å². The lowest BCUT2D eigenvalue weighted by molar-refractivity contribution is 0.437. The van der Waals surface area contributed by atoms with Crippen LogP contribution >= 0.6 is 11.6 Å². The second-order valence-electron chi connectivity index (χ2n) is 3.72. The summed E-state index contributed by atoms with van der Waals surface area (Å²) in [6, 6.07) is 4.25. The molecular weight excluding hydrogens is 262 g/mol. The highest BCUT2D eigenvalue weighted by Crippen LogP contribution is 2.25. The summed E-state index contributed by atoms with van der Waals surface area (Å²) in [5.74, 6) is 0. The summed E-state index contributed by atoms with van der Waals surface area (Å²) in [5, 5.41) is 9.14. The van der Waals surface area contributed by atoms with Crippen LogP contribution in [0.15, 0.2) is 23.2 Å². The minimum absolute atomic E-state index is 0.0732. The smallest absolute Gasteiger partial charge is 0.243 e. The zero-order valence-electron chi connectivity index (χ0n) is 8.88. The highest BCUT2D eigenvalue weighted by atomic mass is 35.5. The minimum Gasteiger partial charge on any atom is -0.243 e. The average molecular weight is 272 g/mol. The lowest BCUT2D eigenvalue weighted by atomic mass is 10.2. The number of hydrogen-bond acceptors (Lipinski definition) is 4. The third-order valence-corrected chi connectivity index (χ3v) is 4.77.